The van der Waals surface area contributed by atoms with Crippen molar-refractivity contribution in [2.45, 2.75) is 31.8 Å². The number of rotatable bonds is 1. The Kier molecular flexibility index (Phi) is 2.80. The summed E-state index contributed by atoms with van der Waals surface area (Å²) in [6, 6.07) is 4.83. The van der Waals surface area contributed by atoms with Gasteiger partial charge in [-0.2, -0.15) is 0 Å². The fraction of sp³-hybridized carbons (Fsp3) is 0.538. The molecule has 0 aliphatic carbocycles. The number of aromatic nitrogens is 3. The summed E-state index contributed by atoms with van der Waals surface area (Å²) in [7, 11) is 2.12. The molecule has 3 heterocycles. The number of pyridine rings is 1. The third kappa shape index (κ3) is 2.00. The van der Waals surface area contributed by atoms with Gasteiger partial charge in [-0.25, -0.2) is 9.97 Å². The van der Waals surface area contributed by atoms with Crippen molar-refractivity contribution >= 4 is 11.2 Å². The van der Waals surface area contributed by atoms with E-state index in [0.717, 1.165) is 42.1 Å². The molecule has 0 saturated carbocycles. The van der Waals surface area contributed by atoms with Crippen LogP contribution in [0.2, 0.25) is 0 Å². The zero-order valence-corrected chi connectivity index (χ0v) is 10.8. The summed E-state index contributed by atoms with van der Waals surface area (Å²) >= 11 is 0. The van der Waals surface area contributed by atoms with Crippen LogP contribution in [0.1, 0.15) is 30.4 Å². The summed E-state index contributed by atoms with van der Waals surface area (Å²) < 4.78 is 0. The molecule has 1 fully saturated rings. The Bertz CT molecular complexity index is 562. The van der Waals surface area contributed by atoms with Gasteiger partial charge >= 0.3 is 0 Å². The third-order valence-corrected chi connectivity index (χ3v) is 3.69. The number of nitrogens with one attached hydrogen (secondary N) is 1. The molecule has 1 aliphatic rings. The van der Waals surface area contributed by atoms with E-state index in [1.807, 2.05) is 6.92 Å². The molecule has 18 heavy (non-hydrogen) atoms. The monoisotopic (exact) mass is 245 g/mol. The highest BCUT2D eigenvalue weighted by atomic mass is 15.2. The molecule has 2 unspecified atom stereocenters. The van der Waals surface area contributed by atoms with Gasteiger partial charge in [-0.1, -0.05) is 0 Å². The lowest BCUT2D eigenvalue weighted by atomic mass is 9.97. The summed E-state index contributed by atoms with van der Waals surface area (Å²) in [4.78, 5) is 14.6. The number of fused-ring (bicyclic) bond motifs is 1. The minimum atomic E-state index is 0.294. The largest absolute Gasteiger partial charge is 0.341 e. The lowest BCUT2D eigenvalue weighted by molar-refractivity contribution is 0.166. The molecule has 3 N–H and O–H groups in total. The molecule has 2 atom stereocenters. The predicted octanol–water partition coefficient (Wildman–Crippen LogP) is 1.36. The number of aromatic amines is 1. The Labute approximate surface area is 106 Å². The fourth-order valence-corrected chi connectivity index (χ4v) is 2.77. The lowest BCUT2D eigenvalue weighted by Crippen LogP contribution is -2.42. The van der Waals surface area contributed by atoms with Gasteiger partial charge in [-0.3, -0.25) is 4.90 Å². The molecule has 5 heteroatoms. The van der Waals surface area contributed by atoms with Crippen LogP contribution in [0.5, 0.6) is 0 Å². The predicted molar refractivity (Wildman–Crippen MR) is 71.2 cm³/mol. The quantitative estimate of drug-likeness (QED) is 0.796. The Hall–Kier alpha value is -1.46. The Balaban J connectivity index is 1.93. The van der Waals surface area contributed by atoms with Crippen molar-refractivity contribution in [1.82, 2.24) is 19.9 Å². The maximum absolute atomic E-state index is 5.98. The van der Waals surface area contributed by atoms with Gasteiger partial charge in [0.25, 0.3) is 0 Å². The minimum Gasteiger partial charge on any atom is -0.341 e. The van der Waals surface area contributed by atoms with Crippen LogP contribution in [0.3, 0.4) is 0 Å². The molecule has 96 valence electrons. The van der Waals surface area contributed by atoms with Crippen molar-refractivity contribution in [2.24, 2.45) is 5.73 Å². The van der Waals surface area contributed by atoms with Crippen molar-refractivity contribution in [3.8, 4) is 0 Å². The Morgan fingerprint density at radius 1 is 1.33 bits per heavy atom. The average molecular weight is 245 g/mol. The van der Waals surface area contributed by atoms with Crippen molar-refractivity contribution < 1.29 is 0 Å². The number of hydrogen-bond acceptors (Lipinski definition) is 4. The number of likely N-dealkylation sites (tertiary alicyclic amines) is 1. The van der Waals surface area contributed by atoms with E-state index in [0.29, 0.717) is 12.1 Å². The number of piperidine rings is 1. The van der Waals surface area contributed by atoms with E-state index in [1.54, 1.807) is 0 Å². The van der Waals surface area contributed by atoms with Gasteiger partial charge < -0.3 is 10.7 Å². The number of likely N-dealkylation sites (N-methyl/N-ethyl adjacent to an activating group) is 1. The first-order valence-electron chi connectivity index (χ1n) is 6.42. The van der Waals surface area contributed by atoms with Crippen LogP contribution >= 0.6 is 0 Å². The van der Waals surface area contributed by atoms with Crippen LogP contribution < -0.4 is 5.73 Å². The number of nitrogens with two attached hydrogens (primary N) is 1. The van der Waals surface area contributed by atoms with E-state index in [1.165, 1.54) is 0 Å². The van der Waals surface area contributed by atoms with Gasteiger partial charge in [0.1, 0.15) is 5.82 Å². The molecule has 3 rings (SSSR count). The summed E-state index contributed by atoms with van der Waals surface area (Å²) in [6.07, 6.45) is 2.13. The maximum atomic E-state index is 5.98. The number of hydrogen-bond donors (Lipinski definition) is 2. The van der Waals surface area contributed by atoms with E-state index in [2.05, 4.69) is 39.0 Å². The van der Waals surface area contributed by atoms with Crippen molar-refractivity contribution in [3.63, 3.8) is 0 Å². The topological polar surface area (TPSA) is 70.8 Å². The molecule has 1 saturated heterocycles. The highest BCUT2D eigenvalue weighted by Crippen LogP contribution is 2.28. The smallest absolute Gasteiger partial charge is 0.177 e. The molecular formula is C13H19N5. The first kappa shape index (κ1) is 11.6. The second kappa shape index (κ2) is 4.33. The van der Waals surface area contributed by atoms with Gasteiger partial charge in [0.05, 0.1) is 17.3 Å². The van der Waals surface area contributed by atoms with E-state index in [-0.39, 0.29) is 0 Å². The van der Waals surface area contributed by atoms with Gasteiger partial charge in [0.15, 0.2) is 5.65 Å². The number of nitrogens with zero attached hydrogens (tertiary/aromatic N) is 3. The number of aryl methyl sites for hydroxylation is 1. The fourth-order valence-electron chi connectivity index (χ4n) is 2.77. The van der Waals surface area contributed by atoms with E-state index in [9.17, 15) is 0 Å². The first-order chi connectivity index (χ1) is 8.63. The lowest BCUT2D eigenvalue weighted by Gasteiger charge is -2.35. The van der Waals surface area contributed by atoms with Crippen LogP contribution in [-0.4, -0.2) is 39.5 Å². The van der Waals surface area contributed by atoms with E-state index in [4.69, 9.17) is 5.73 Å². The Morgan fingerprint density at radius 2 is 2.17 bits per heavy atom. The summed E-state index contributed by atoms with van der Waals surface area (Å²) in [5.74, 6) is 0.911. The Morgan fingerprint density at radius 3 is 2.94 bits per heavy atom. The van der Waals surface area contributed by atoms with Gasteiger partial charge in [0, 0.05) is 12.6 Å². The molecule has 2 aromatic heterocycles. The SMILES string of the molecule is Cc1nc2nc(C3CCC(N)CN3C)ccc2[nH]1. The zero-order chi connectivity index (χ0) is 12.7. The third-order valence-electron chi connectivity index (χ3n) is 3.69. The molecule has 0 aromatic carbocycles. The van der Waals surface area contributed by atoms with Gasteiger partial charge in [0.2, 0.25) is 0 Å². The van der Waals surface area contributed by atoms with Crippen LogP contribution in [-0.2, 0) is 0 Å². The van der Waals surface area contributed by atoms with Crippen molar-refractivity contribution in [1.29, 1.82) is 0 Å². The normalized spacial score (nSPS) is 25.7. The summed E-state index contributed by atoms with van der Waals surface area (Å²) in [6.45, 7) is 2.89. The molecule has 0 amide bonds. The van der Waals surface area contributed by atoms with Gasteiger partial charge in [-0.05, 0) is 38.9 Å². The maximum Gasteiger partial charge on any atom is 0.177 e. The van der Waals surface area contributed by atoms with Crippen LogP contribution in [0.4, 0.5) is 0 Å². The number of imidazole rings is 1. The summed E-state index contributed by atoms with van der Waals surface area (Å²) in [5, 5.41) is 0. The second-order valence-corrected chi connectivity index (χ2v) is 5.22. The highest BCUT2D eigenvalue weighted by molar-refractivity contribution is 5.70. The van der Waals surface area contributed by atoms with Crippen LogP contribution in [0, 0.1) is 6.92 Å². The highest BCUT2D eigenvalue weighted by Gasteiger charge is 2.26. The second-order valence-electron chi connectivity index (χ2n) is 5.22. The standard InChI is InChI=1S/C13H19N5/c1-8-15-11-5-4-10(17-13(11)16-8)12-6-3-9(14)7-18(12)2/h4-5,9,12H,3,6-7,14H2,1-2H3,(H,15,16,17). The molecule has 0 bridgehead atoms. The molecule has 2 aromatic rings. The molecule has 5 nitrogen and oxygen atoms in total. The van der Waals surface area contributed by atoms with Crippen molar-refractivity contribution in [2.75, 3.05) is 13.6 Å². The minimum absolute atomic E-state index is 0.294. The number of H-pyrrole nitrogens is 1. The molecular weight excluding hydrogens is 226 g/mol. The van der Waals surface area contributed by atoms with Crippen LogP contribution in [0.25, 0.3) is 11.2 Å². The zero-order valence-electron chi connectivity index (χ0n) is 10.8. The van der Waals surface area contributed by atoms with Crippen LogP contribution in [0.15, 0.2) is 12.1 Å². The van der Waals surface area contributed by atoms with E-state index < -0.39 is 0 Å². The molecule has 1 aliphatic heterocycles. The first-order valence-corrected chi connectivity index (χ1v) is 6.42. The van der Waals surface area contributed by atoms with Gasteiger partial charge in [-0.15, -0.1) is 0 Å². The molecule has 0 spiro atoms. The molecule has 0 radical (unpaired) electrons. The average Bonchev–Trinajstić information content (AvgIpc) is 2.68. The van der Waals surface area contributed by atoms with E-state index >= 15 is 0 Å². The summed E-state index contributed by atoms with van der Waals surface area (Å²) in [5.41, 5.74) is 8.90. The van der Waals surface area contributed by atoms with Crippen molar-refractivity contribution in [3.05, 3.63) is 23.7 Å².